The molecule has 0 saturated heterocycles. The molecule has 35 heavy (non-hydrogen) atoms. The van der Waals surface area contributed by atoms with Crippen molar-refractivity contribution in [2.24, 2.45) is 5.41 Å². The first-order valence-electron chi connectivity index (χ1n) is 13.1. The van der Waals surface area contributed by atoms with Gasteiger partial charge < -0.3 is 9.53 Å². The molecule has 0 bridgehead atoms. The van der Waals surface area contributed by atoms with Crippen molar-refractivity contribution in [3.05, 3.63) is 61.5 Å². The van der Waals surface area contributed by atoms with E-state index in [1.807, 2.05) is 0 Å². The van der Waals surface area contributed by atoms with Crippen LogP contribution in [0.4, 0.5) is 0 Å². The molecule has 3 rings (SSSR count). The fraction of sp³-hybridized carbons (Fsp3) is 0.633. The van der Waals surface area contributed by atoms with Gasteiger partial charge in [-0.05, 0) is 81.9 Å². The highest BCUT2D eigenvalue weighted by Crippen LogP contribution is 2.50. The molecule has 0 radical (unpaired) electrons. The van der Waals surface area contributed by atoms with Gasteiger partial charge in [0.1, 0.15) is 6.10 Å². The predicted octanol–water partition coefficient (Wildman–Crippen LogP) is 9.05. The topological polar surface area (TPSA) is 42.4 Å². The molecule has 1 N–H and O–H groups in total. The summed E-state index contributed by atoms with van der Waals surface area (Å²) in [5, 5.41) is 11.8. The molecule has 0 saturated carbocycles. The largest absolute Gasteiger partial charge is 0.410 e. The van der Waals surface area contributed by atoms with Crippen LogP contribution in [0.5, 0.6) is 0 Å². The Morgan fingerprint density at radius 3 is 2.06 bits per heavy atom. The highest BCUT2D eigenvalue weighted by Gasteiger charge is 2.44. The molecule has 0 fully saturated rings. The molecule has 5 heteroatoms. The van der Waals surface area contributed by atoms with Crippen LogP contribution in [0.25, 0.3) is 0 Å². The minimum Gasteiger partial charge on any atom is -0.410 e. The number of fused-ring (bicyclic) bond motifs is 1. The van der Waals surface area contributed by atoms with E-state index in [0.717, 1.165) is 38.9 Å². The molecule has 0 spiro atoms. The third-order valence-corrected chi connectivity index (χ3v) is 13.7. The van der Waals surface area contributed by atoms with Gasteiger partial charge in [0.15, 0.2) is 8.32 Å². The zero-order valence-corrected chi connectivity index (χ0v) is 26.9. The van der Waals surface area contributed by atoms with Gasteiger partial charge >= 0.3 is 0 Å². The number of benzene rings is 1. The number of nitrogens with zero attached hydrogens (tertiary/aromatic N) is 1. The average Bonchev–Trinajstić information content (AvgIpc) is 2.70. The number of aliphatic hydroxyl groups excluding tert-OH is 1. The number of aromatic nitrogens is 1. The van der Waals surface area contributed by atoms with E-state index in [1.165, 1.54) is 11.1 Å². The maximum Gasteiger partial charge on any atom is 0.192 e. The lowest BCUT2D eigenvalue weighted by Crippen LogP contribution is -2.44. The highest BCUT2D eigenvalue weighted by molar-refractivity contribution is 14.1. The molecule has 0 aliphatic heterocycles. The number of rotatable bonds is 6. The fourth-order valence-electron chi connectivity index (χ4n) is 4.80. The normalized spacial score (nSPS) is 19.2. The zero-order chi connectivity index (χ0) is 26.5. The molecule has 1 aliphatic rings. The van der Waals surface area contributed by atoms with Crippen LogP contribution in [0.15, 0.2) is 24.3 Å². The van der Waals surface area contributed by atoms with Crippen LogP contribution < -0.4 is 0 Å². The van der Waals surface area contributed by atoms with Gasteiger partial charge in [0.05, 0.1) is 11.8 Å². The first kappa shape index (κ1) is 28.8. The molecule has 3 nitrogen and oxygen atoms in total. The molecule has 1 aliphatic carbocycles. The van der Waals surface area contributed by atoms with Crippen molar-refractivity contribution >= 4 is 30.9 Å². The third kappa shape index (κ3) is 6.05. The van der Waals surface area contributed by atoms with E-state index in [2.05, 4.69) is 122 Å². The van der Waals surface area contributed by atoms with Gasteiger partial charge in [-0.1, -0.05) is 86.6 Å². The van der Waals surface area contributed by atoms with Crippen molar-refractivity contribution in [1.82, 2.24) is 4.98 Å². The van der Waals surface area contributed by atoms with Gasteiger partial charge in [-0.2, -0.15) is 0 Å². The van der Waals surface area contributed by atoms with Crippen LogP contribution in [0, 0.1) is 8.99 Å². The minimum atomic E-state index is -2.00. The van der Waals surface area contributed by atoms with Crippen LogP contribution in [0.1, 0.15) is 126 Å². The standard InChI is InChI=1S/C30H46INO2Si/c1-18(2)20-12-14-21(15-13-20)28(33)25-26(31)24-22(32-27(25)19(3)4)16-30(8,9)17-23(24)34-35(10,11)29(5,6)7/h12-15,18-19,23,28,33H,16-17H2,1-11H3/t23?,28-/m1/s1. The summed E-state index contributed by atoms with van der Waals surface area (Å²) in [7, 11) is -2.00. The Hall–Kier alpha value is -0.763. The molecular weight excluding hydrogens is 561 g/mol. The second-order valence-electron chi connectivity index (χ2n) is 13.4. The van der Waals surface area contributed by atoms with E-state index in [0.29, 0.717) is 5.92 Å². The summed E-state index contributed by atoms with van der Waals surface area (Å²) in [6.07, 6.45) is 1.21. The summed E-state index contributed by atoms with van der Waals surface area (Å²) >= 11 is 2.48. The second-order valence-corrected chi connectivity index (χ2v) is 19.2. The molecule has 1 heterocycles. The second kappa shape index (κ2) is 10.2. The summed E-state index contributed by atoms with van der Waals surface area (Å²) in [6, 6.07) is 8.43. The highest BCUT2D eigenvalue weighted by atomic mass is 127. The fourth-order valence-corrected chi connectivity index (χ4v) is 7.30. The van der Waals surface area contributed by atoms with Crippen LogP contribution in [0.2, 0.25) is 18.1 Å². The van der Waals surface area contributed by atoms with Crippen LogP contribution in [0.3, 0.4) is 0 Å². The molecule has 2 aromatic rings. The number of hydrogen-bond acceptors (Lipinski definition) is 3. The lowest BCUT2D eigenvalue weighted by Gasteiger charge is -2.44. The zero-order valence-electron chi connectivity index (χ0n) is 23.7. The van der Waals surface area contributed by atoms with Crippen molar-refractivity contribution in [2.45, 2.75) is 117 Å². The first-order valence-corrected chi connectivity index (χ1v) is 17.1. The molecule has 0 amide bonds. The van der Waals surface area contributed by atoms with Gasteiger partial charge in [0.25, 0.3) is 0 Å². The van der Waals surface area contributed by atoms with Gasteiger partial charge in [-0.15, -0.1) is 0 Å². The number of aliphatic hydroxyl groups is 1. The first-order chi connectivity index (χ1) is 15.9. The number of hydrogen-bond donors (Lipinski definition) is 1. The summed E-state index contributed by atoms with van der Waals surface area (Å²) < 4.78 is 8.22. The lowest BCUT2D eigenvalue weighted by molar-refractivity contribution is 0.104. The van der Waals surface area contributed by atoms with Gasteiger partial charge in [-0.3, -0.25) is 4.98 Å². The molecule has 1 unspecified atom stereocenters. The Bertz CT molecular complexity index is 1050. The van der Waals surface area contributed by atoms with Gasteiger partial charge in [0, 0.05) is 20.4 Å². The molecule has 1 aromatic carbocycles. The molecular formula is C30H46INO2Si. The van der Waals surface area contributed by atoms with Crippen molar-refractivity contribution in [3.63, 3.8) is 0 Å². The Morgan fingerprint density at radius 2 is 1.57 bits per heavy atom. The van der Waals surface area contributed by atoms with E-state index in [-0.39, 0.29) is 22.5 Å². The van der Waals surface area contributed by atoms with Crippen molar-refractivity contribution in [2.75, 3.05) is 0 Å². The number of halogens is 1. The monoisotopic (exact) mass is 607 g/mol. The maximum absolute atomic E-state index is 11.7. The van der Waals surface area contributed by atoms with E-state index in [9.17, 15) is 5.11 Å². The average molecular weight is 608 g/mol. The third-order valence-electron chi connectivity index (χ3n) is 8.00. The van der Waals surface area contributed by atoms with Crippen LogP contribution in [-0.4, -0.2) is 18.4 Å². The van der Waals surface area contributed by atoms with Gasteiger partial charge in [0.2, 0.25) is 0 Å². The van der Waals surface area contributed by atoms with E-state index in [1.54, 1.807) is 0 Å². The minimum absolute atomic E-state index is 0.00419. The Balaban J connectivity index is 2.18. The molecule has 1 aromatic heterocycles. The lowest BCUT2D eigenvalue weighted by atomic mass is 9.74. The van der Waals surface area contributed by atoms with Gasteiger partial charge in [-0.25, -0.2) is 0 Å². The molecule has 2 atom stereocenters. The Labute approximate surface area is 228 Å². The smallest absolute Gasteiger partial charge is 0.192 e. The SMILES string of the molecule is CC(C)c1ccc([C@@H](O)c2c(C(C)C)nc3c(c2I)C(O[Si](C)(C)C(C)(C)C)CC(C)(C)C3)cc1. The Kier molecular flexibility index (Phi) is 8.38. The number of pyridine rings is 1. The maximum atomic E-state index is 11.7. The van der Waals surface area contributed by atoms with E-state index >= 15 is 0 Å². The van der Waals surface area contributed by atoms with Crippen LogP contribution in [-0.2, 0) is 10.8 Å². The van der Waals surface area contributed by atoms with E-state index in [4.69, 9.17) is 9.41 Å². The summed E-state index contributed by atoms with van der Waals surface area (Å²) in [5.74, 6) is 0.688. The summed E-state index contributed by atoms with van der Waals surface area (Å²) in [4.78, 5) is 5.27. The summed E-state index contributed by atoms with van der Waals surface area (Å²) in [5.41, 5.74) is 6.67. The van der Waals surface area contributed by atoms with E-state index < -0.39 is 14.4 Å². The van der Waals surface area contributed by atoms with Crippen molar-refractivity contribution < 1.29 is 9.53 Å². The van der Waals surface area contributed by atoms with Crippen molar-refractivity contribution in [1.29, 1.82) is 0 Å². The van der Waals surface area contributed by atoms with Crippen molar-refractivity contribution in [3.8, 4) is 0 Å². The quantitative estimate of drug-likeness (QED) is 0.263. The van der Waals surface area contributed by atoms with Crippen LogP contribution >= 0.6 is 22.6 Å². The molecule has 194 valence electrons. The summed E-state index contributed by atoms with van der Waals surface area (Å²) in [6.45, 7) is 25.0. The predicted molar refractivity (Wildman–Crippen MR) is 159 cm³/mol. The Morgan fingerprint density at radius 1 is 1.03 bits per heavy atom.